The van der Waals surface area contributed by atoms with Crippen molar-refractivity contribution < 1.29 is 4.74 Å². The Labute approximate surface area is 82.0 Å². The van der Waals surface area contributed by atoms with Gasteiger partial charge in [0.2, 0.25) is 0 Å². The lowest BCUT2D eigenvalue weighted by atomic mass is 10.1. The molecule has 0 aromatic rings. The molecule has 0 aromatic carbocycles. The summed E-state index contributed by atoms with van der Waals surface area (Å²) >= 11 is 0. The second-order valence-corrected chi connectivity index (χ2v) is 4.02. The number of nitrogens with one attached hydrogen (secondary N) is 1. The van der Waals surface area contributed by atoms with Crippen LogP contribution in [0.4, 0.5) is 0 Å². The van der Waals surface area contributed by atoms with Crippen LogP contribution in [0, 0.1) is 0 Å². The fraction of sp³-hybridized carbons (Fsp3) is 1.00. The Morgan fingerprint density at radius 3 is 2.69 bits per heavy atom. The molecule has 78 valence electrons. The van der Waals surface area contributed by atoms with Crippen molar-refractivity contribution in [2.24, 2.45) is 0 Å². The van der Waals surface area contributed by atoms with Crippen LogP contribution in [0.5, 0.6) is 0 Å². The van der Waals surface area contributed by atoms with Crippen molar-refractivity contribution in [2.75, 3.05) is 13.7 Å². The summed E-state index contributed by atoms with van der Waals surface area (Å²) in [5, 5.41) is 3.52. The highest BCUT2D eigenvalue weighted by atomic mass is 16.5. The monoisotopic (exact) mass is 185 g/mol. The summed E-state index contributed by atoms with van der Waals surface area (Å²) in [6, 6.07) is 0.854. The van der Waals surface area contributed by atoms with Gasteiger partial charge in [-0.05, 0) is 38.6 Å². The summed E-state index contributed by atoms with van der Waals surface area (Å²) in [6.07, 6.45) is 8.19. The van der Waals surface area contributed by atoms with Crippen molar-refractivity contribution in [2.45, 2.75) is 57.6 Å². The second kappa shape index (κ2) is 6.39. The van der Waals surface area contributed by atoms with E-state index >= 15 is 0 Å². The first-order chi connectivity index (χ1) is 6.36. The summed E-state index contributed by atoms with van der Waals surface area (Å²) in [6.45, 7) is 3.39. The predicted molar refractivity (Wildman–Crippen MR) is 56.0 cm³/mol. The lowest BCUT2D eigenvalue weighted by molar-refractivity contribution is 0.0856. The lowest BCUT2D eigenvalue weighted by Gasteiger charge is -2.13. The normalized spacial score (nSPS) is 18.9. The first kappa shape index (κ1) is 11.0. The van der Waals surface area contributed by atoms with Crippen LogP contribution in [0.3, 0.4) is 0 Å². The van der Waals surface area contributed by atoms with Crippen LogP contribution in [-0.4, -0.2) is 25.8 Å². The van der Waals surface area contributed by atoms with E-state index < -0.39 is 0 Å². The fourth-order valence-electron chi connectivity index (χ4n) is 1.63. The first-order valence-corrected chi connectivity index (χ1v) is 5.63. The molecule has 0 aromatic heterocycles. The van der Waals surface area contributed by atoms with Gasteiger partial charge < -0.3 is 10.1 Å². The molecule has 1 unspecified atom stereocenters. The fourth-order valence-corrected chi connectivity index (χ4v) is 1.63. The minimum atomic E-state index is 0.492. The first-order valence-electron chi connectivity index (χ1n) is 5.63. The smallest absolute Gasteiger partial charge is 0.0571 e. The maximum absolute atomic E-state index is 5.39. The van der Waals surface area contributed by atoms with Crippen molar-refractivity contribution in [3.05, 3.63) is 0 Å². The van der Waals surface area contributed by atoms with Gasteiger partial charge in [-0.3, -0.25) is 0 Å². The minimum Gasteiger partial charge on any atom is -0.381 e. The zero-order valence-electron chi connectivity index (χ0n) is 9.01. The van der Waals surface area contributed by atoms with Gasteiger partial charge in [0.1, 0.15) is 0 Å². The van der Waals surface area contributed by atoms with Crippen LogP contribution < -0.4 is 5.32 Å². The van der Waals surface area contributed by atoms with Crippen molar-refractivity contribution in [3.63, 3.8) is 0 Å². The Hall–Kier alpha value is -0.0800. The van der Waals surface area contributed by atoms with Gasteiger partial charge in [0.05, 0.1) is 6.10 Å². The molecule has 0 aliphatic heterocycles. The highest BCUT2D eigenvalue weighted by molar-refractivity contribution is 4.80. The topological polar surface area (TPSA) is 21.3 Å². The maximum atomic E-state index is 5.39. The Morgan fingerprint density at radius 1 is 1.38 bits per heavy atom. The van der Waals surface area contributed by atoms with E-state index in [9.17, 15) is 0 Å². The molecule has 1 aliphatic rings. The minimum absolute atomic E-state index is 0.492. The summed E-state index contributed by atoms with van der Waals surface area (Å²) in [4.78, 5) is 0. The Balaban J connectivity index is 1.88. The zero-order valence-corrected chi connectivity index (χ0v) is 9.01. The van der Waals surface area contributed by atoms with Gasteiger partial charge >= 0.3 is 0 Å². The largest absolute Gasteiger partial charge is 0.381 e. The number of methoxy groups -OCH3 is 1. The molecule has 1 saturated carbocycles. The highest BCUT2D eigenvalue weighted by Gasteiger charge is 2.19. The molecule has 1 rings (SSSR count). The van der Waals surface area contributed by atoms with E-state index in [1.807, 2.05) is 7.11 Å². The third-order valence-electron chi connectivity index (χ3n) is 2.66. The molecule has 1 fully saturated rings. The summed E-state index contributed by atoms with van der Waals surface area (Å²) in [5.74, 6) is 0. The van der Waals surface area contributed by atoms with E-state index in [2.05, 4.69) is 12.2 Å². The standard InChI is InChI=1S/C11H23NO/c1-3-5-11(13-2)6-4-9-12-10-7-8-10/h10-12H,3-9H2,1-2H3. The highest BCUT2D eigenvalue weighted by Crippen LogP contribution is 2.18. The number of hydrogen-bond acceptors (Lipinski definition) is 2. The number of rotatable bonds is 8. The SMILES string of the molecule is CCCC(CCCNC1CC1)OC. The Bertz CT molecular complexity index is 123. The molecule has 0 bridgehead atoms. The molecule has 0 radical (unpaired) electrons. The molecule has 0 saturated heterocycles. The number of hydrogen-bond donors (Lipinski definition) is 1. The zero-order chi connectivity index (χ0) is 9.52. The molecular formula is C11H23NO. The molecule has 2 heteroatoms. The average molecular weight is 185 g/mol. The van der Waals surface area contributed by atoms with E-state index in [0.717, 1.165) is 6.04 Å². The van der Waals surface area contributed by atoms with Gasteiger partial charge in [-0.25, -0.2) is 0 Å². The third kappa shape index (κ3) is 5.27. The Morgan fingerprint density at radius 2 is 2.15 bits per heavy atom. The molecule has 0 heterocycles. The van der Waals surface area contributed by atoms with Crippen molar-refractivity contribution >= 4 is 0 Å². The van der Waals surface area contributed by atoms with Gasteiger partial charge in [0.25, 0.3) is 0 Å². The van der Waals surface area contributed by atoms with Crippen LogP contribution in [0.1, 0.15) is 45.4 Å². The second-order valence-electron chi connectivity index (χ2n) is 4.02. The van der Waals surface area contributed by atoms with E-state index in [0.29, 0.717) is 6.10 Å². The van der Waals surface area contributed by atoms with Crippen LogP contribution in [0.2, 0.25) is 0 Å². The van der Waals surface area contributed by atoms with Crippen molar-refractivity contribution in [1.82, 2.24) is 5.32 Å². The van der Waals surface area contributed by atoms with Crippen molar-refractivity contribution in [3.8, 4) is 0 Å². The van der Waals surface area contributed by atoms with Gasteiger partial charge in [0, 0.05) is 13.2 Å². The van der Waals surface area contributed by atoms with Crippen LogP contribution >= 0.6 is 0 Å². The summed E-state index contributed by atoms with van der Waals surface area (Å²) < 4.78 is 5.39. The molecular weight excluding hydrogens is 162 g/mol. The van der Waals surface area contributed by atoms with E-state index in [-0.39, 0.29) is 0 Å². The van der Waals surface area contributed by atoms with Gasteiger partial charge in [-0.2, -0.15) is 0 Å². The van der Waals surface area contributed by atoms with E-state index in [4.69, 9.17) is 4.74 Å². The predicted octanol–water partition coefficient (Wildman–Crippen LogP) is 2.33. The summed E-state index contributed by atoms with van der Waals surface area (Å²) in [7, 11) is 1.83. The van der Waals surface area contributed by atoms with Crippen LogP contribution in [0.25, 0.3) is 0 Å². The maximum Gasteiger partial charge on any atom is 0.0571 e. The molecule has 0 spiro atoms. The van der Waals surface area contributed by atoms with Gasteiger partial charge in [-0.1, -0.05) is 13.3 Å². The molecule has 1 N–H and O–H groups in total. The summed E-state index contributed by atoms with van der Waals surface area (Å²) in [5.41, 5.74) is 0. The molecule has 1 aliphatic carbocycles. The van der Waals surface area contributed by atoms with Gasteiger partial charge in [-0.15, -0.1) is 0 Å². The lowest BCUT2D eigenvalue weighted by Crippen LogP contribution is -2.19. The third-order valence-corrected chi connectivity index (χ3v) is 2.66. The molecule has 13 heavy (non-hydrogen) atoms. The van der Waals surface area contributed by atoms with Crippen molar-refractivity contribution in [1.29, 1.82) is 0 Å². The van der Waals surface area contributed by atoms with Crippen LogP contribution in [-0.2, 0) is 4.74 Å². The quantitative estimate of drug-likeness (QED) is 0.586. The van der Waals surface area contributed by atoms with E-state index in [1.165, 1.54) is 45.1 Å². The number of ether oxygens (including phenoxy) is 1. The average Bonchev–Trinajstić information content (AvgIpc) is 2.94. The molecule has 2 nitrogen and oxygen atoms in total. The molecule has 0 amide bonds. The van der Waals surface area contributed by atoms with Crippen LogP contribution in [0.15, 0.2) is 0 Å². The van der Waals surface area contributed by atoms with Gasteiger partial charge in [0.15, 0.2) is 0 Å². The Kier molecular flexibility index (Phi) is 5.40. The molecule has 1 atom stereocenters. The van der Waals surface area contributed by atoms with E-state index in [1.54, 1.807) is 0 Å².